The van der Waals surface area contributed by atoms with Gasteiger partial charge in [0.25, 0.3) is 0 Å². The minimum Gasteiger partial charge on any atom is -0.497 e. The number of Topliss-reactive ketones (excluding diaryl/α,β-unsaturated/α-hetero) is 1. The predicted octanol–water partition coefficient (Wildman–Crippen LogP) is 5.97. The summed E-state index contributed by atoms with van der Waals surface area (Å²) in [5.41, 5.74) is 2.31. The molecule has 0 aliphatic rings. The molecule has 6 nitrogen and oxygen atoms in total. The van der Waals surface area contributed by atoms with Crippen LogP contribution >= 0.6 is 23.4 Å². The lowest BCUT2D eigenvalue weighted by Gasteiger charge is -2.11. The highest BCUT2D eigenvalue weighted by molar-refractivity contribution is 7.99. The average Bonchev–Trinajstić information content (AvgIpc) is 3.27. The number of aromatic nitrogens is 3. The van der Waals surface area contributed by atoms with E-state index in [1.54, 1.807) is 31.4 Å². The van der Waals surface area contributed by atoms with Crippen LogP contribution in [0.3, 0.4) is 0 Å². The summed E-state index contributed by atoms with van der Waals surface area (Å²) in [6, 6.07) is 22.2. The van der Waals surface area contributed by atoms with Crippen LogP contribution in [0.4, 0.5) is 0 Å². The van der Waals surface area contributed by atoms with Crippen LogP contribution in [0.5, 0.6) is 11.5 Å². The summed E-state index contributed by atoms with van der Waals surface area (Å²) in [6.45, 7) is 2.54. The molecule has 4 rings (SSSR count). The van der Waals surface area contributed by atoms with Gasteiger partial charge in [-0.05, 0) is 67.6 Å². The molecule has 0 atom stereocenters. The van der Waals surface area contributed by atoms with Crippen LogP contribution in [0.25, 0.3) is 17.1 Å². The van der Waals surface area contributed by atoms with E-state index in [1.165, 1.54) is 11.8 Å². The molecule has 0 aliphatic heterocycles. The number of thioether (sulfide) groups is 1. The first-order valence-corrected chi connectivity index (χ1v) is 11.7. The van der Waals surface area contributed by atoms with Crippen LogP contribution in [-0.4, -0.2) is 40.0 Å². The van der Waals surface area contributed by atoms with Crippen molar-refractivity contribution in [3.05, 3.63) is 83.4 Å². The summed E-state index contributed by atoms with van der Waals surface area (Å²) in [5.74, 6) is 2.34. The average molecular weight is 480 g/mol. The first-order valence-electron chi connectivity index (χ1n) is 10.3. The Kier molecular flexibility index (Phi) is 7.32. The third-order valence-electron chi connectivity index (χ3n) is 4.87. The highest BCUT2D eigenvalue weighted by atomic mass is 35.5. The van der Waals surface area contributed by atoms with Crippen LogP contribution in [0.1, 0.15) is 17.3 Å². The van der Waals surface area contributed by atoms with Crippen molar-refractivity contribution in [2.45, 2.75) is 12.1 Å². The van der Waals surface area contributed by atoms with Crippen molar-refractivity contribution < 1.29 is 14.3 Å². The lowest BCUT2D eigenvalue weighted by molar-refractivity contribution is 0.102. The van der Waals surface area contributed by atoms with E-state index >= 15 is 0 Å². The maximum absolute atomic E-state index is 12.8. The van der Waals surface area contributed by atoms with Crippen molar-refractivity contribution in [3.8, 4) is 28.6 Å². The fraction of sp³-hybridized carbons (Fsp3) is 0.160. The van der Waals surface area contributed by atoms with Gasteiger partial charge in [0.1, 0.15) is 11.5 Å². The van der Waals surface area contributed by atoms with Gasteiger partial charge in [0.2, 0.25) is 0 Å². The molecule has 8 heteroatoms. The van der Waals surface area contributed by atoms with Crippen LogP contribution in [-0.2, 0) is 0 Å². The van der Waals surface area contributed by atoms with E-state index in [0.29, 0.717) is 33.9 Å². The molecule has 168 valence electrons. The number of methoxy groups -OCH3 is 1. The van der Waals surface area contributed by atoms with Crippen LogP contribution < -0.4 is 9.47 Å². The Morgan fingerprint density at radius 2 is 1.73 bits per heavy atom. The molecule has 4 aromatic rings. The van der Waals surface area contributed by atoms with Crippen molar-refractivity contribution in [2.75, 3.05) is 19.5 Å². The summed E-state index contributed by atoms with van der Waals surface area (Å²) in [6.07, 6.45) is 0. The molecule has 0 amide bonds. The molecule has 1 heterocycles. The second-order valence-corrected chi connectivity index (χ2v) is 8.40. The summed E-state index contributed by atoms with van der Waals surface area (Å²) in [7, 11) is 1.60. The number of carbonyl (C=O) groups excluding carboxylic acids is 1. The summed E-state index contributed by atoms with van der Waals surface area (Å²) < 4.78 is 12.7. The molecular weight excluding hydrogens is 458 g/mol. The van der Waals surface area contributed by atoms with E-state index in [-0.39, 0.29) is 11.5 Å². The first-order chi connectivity index (χ1) is 16.1. The molecule has 0 fully saturated rings. The molecular formula is C25H22ClN3O3S. The number of benzene rings is 3. The zero-order chi connectivity index (χ0) is 23.2. The maximum Gasteiger partial charge on any atom is 0.196 e. The molecule has 33 heavy (non-hydrogen) atoms. The Labute approximate surface area is 201 Å². The molecule has 3 aromatic carbocycles. The SMILES string of the molecule is CCOc1ccc(-n2c(SCC(=O)c3ccc(OC)cc3)nnc2-c2cccc(Cl)c2)cc1. The molecule has 0 bridgehead atoms. The molecule has 0 radical (unpaired) electrons. The van der Waals surface area contributed by atoms with Gasteiger partial charge in [-0.25, -0.2) is 0 Å². The summed E-state index contributed by atoms with van der Waals surface area (Å²) in [5, 5.41) is 10.0. The van der Waals surface area contributed by atoms with Gasteiger partial charge in [-0.1, -0.05) is 35.5 Å². The van der Waals surface area contributed by atoms with Gasteiger partial charge >= 0.3 is 0 Å². The Balaban J connectivity index is 1.65. The highest BCUT2D eigenvalue weighted by Gasteiger charge is 2.18. The lowest BCUT2D eigenvalue weighted by Crippen LogP contribution is -2.05. The van der Waals surface area contributed by atoms with Crippen LogP contribution in [0, 0.1) is 0 Å². The Hall–Kier alpha value is -3.29. The normalized spacial score (nSPS) is 10.8. The highest BCUT2D eigenvalue weighted by Crippen LogP contribution is 2.30. The monoisotopic (exact) mass is 479 g/mol. The van der Waals surface area contributed by atoms with Gasteiger partial charge in [0.05, 0.1) is 19.5 Å². The quantitative estimate of drug-likeness (QED) is 0.217. The van der Waals surface area contributed by atoms with Gasteiger partial charge in [-0.2, -0.15) is 0 Å². The first kappa shape index (κ1) is 22.9. The zero-order valence-corrected chi connectivity index (χ0v) is 19.8. The lowest BCUT2D eigenvalue weighted by atomic mass is 10.1. The van der Waals surface area contributed by atoms with Gasteiger partial charge in [-0.3, -0.25) is 9.36 Å². The number of carbonyl (C=O) groups is 1. The zero-order valence-electron chi connectivity index (χ0n) is 18.2. The van der Waals surface area contributed by atoms with E-state index in [4.69, 9.17) is 21.1 Å². The third-order valence-corrected chi connectivity index (χ3v) is 6.03. The molecule has 0 spiro atoms. The van der Waals surface area contributed by atoms with Crippen molar-refractivity contribution in [1.29, 1.82) is 0 Å². The van der Waals surface area contributed by atoms with Crippen LogP contribution in [0.15, 0.2) is 78.0 Å². The van der Waals surface area contributed by atoms with Gasteiger partial charge in [0.15, 0.2) is 16.8 Å². The smallest absolute Gasteiger partial charge is 0.196 e. The number of halogens is 1. The van der Waals surface area contributed by atoms with E-state index < -0.39 is 0 Å². The molecule has 1 aromatic heterocycles. The minimum atomic E-state index is -0.00629. The number of rotatable bonds is 9. The molecule has 0 N–H and O–H groups in total. The number of hydrogen-bond donors (Lipinski definition) is 0. The minimum absolute atomic E-state index is 0.00629. The van der Waals surface area contributed by atoms with Gasteiger partial charge < -0.3 is 9.47 Å². The second-order valence-electron chi connectivity index (χ2n) is 7.02. The molecule has 0 saturated heterocycles. The summed E-state index contributed by atoms with van der Waals surface area (Å²) >= 11 is 7.55. The maximum atomic E-state index is 12.8. The fourth-order valence-electron chi connectivity index (χ4n) is 3.26. The van der Waals surface area contributed by atoms with Gasteiger partial charge in [0, 0.05) is 21.8 Å². The van der Waals surface area contributed by atoms with E-state index in [1.807, 2.05) is 60.0 Å². The Morgan fingerprint density at radius 1 is 1.00 bits per heavy atom. The van der Waals surface area contributed by atoms with Crippen molar-refractivity contribution in [1.82, 2.24) is 14.8 Å². The number of ketones is 1. The fourth-order valence-corrected chi connectivity index (χ4v) is 4.30. The largest absolute Gasteiger partial charge is 0.497 e. The van der Waals surface area contributed by atoms with Gasteiger partial charge in [-0.15, -0.1) is 10.2 Å². The van der Waals surface area contributed by atoms with Crippen molar-refractivity contribution in [3.63, 3.8) is 0 Å². The number of ether oxygens (including phenoxy) is 2. The predicted molar refractivity (Wildman–Crippen MR) is 131 cm³/mol. The Bertz CT molecular complexity index is 1240. The molecule has 0 unspecified atom stereocenters. The second kappa shape index (κ2) is 10.6. The van der Waals surface area contributed by atoms with E-state index in [0.717, 1.165) is 17.0 Å². The summed E-state index contributed by atoms with van der Waals surface area (Å²) in [4.78, 5) is 12.8. The van der Waals surface area contributed by atoms with Crippen LogP contribution in [0.2, 0.25) is 5.02 Å². The number of hydrogen-bond acceptors (Lipinski definition) is 6. The van der Waals surface area contributed by atoms with E-state index in [9.17, 15) is 4.79 Å². The molecule has 0 saturated carbocycles. The standard InChI is InChI=1S/C25H22ClN3O3S/c1-3-32-22-13-9-20(10-14-22)29-24(18-5-4-6-19(26)15-18)27-28-25(29)33-16-23(30)17-7-11-21(31-2)12-8-17/h4-15H,3,16H2,1-2H3. The topological polar surface area (TPSA) is 66.2 Å². The Morgan fingerprint density at radius 3 is 2.39 bits per heavy atom. The van der Waals surface area contributed by atoms with Crippen molar-refractivity contribution >= 4 is 29.1 Å². The van der Waals surface area contributed by atoms with Crippen molar-refractivity contribution in [2.24, 2.45) is 0 Å². The molecule has 0 aliphatic carbocycles. The van der Waals surface area contributed by atoms with E-state index in [2.05, 4.69) is 10.2 Å². The number of nitrogens with zero attached hydrogens (tertiary/aromatic N) is 3. The third kappa shape index (κ3) is 5.38.